The molecule has 0 aromatic carbocycles. The van der Waals surface area contributed by atoms with E-state index in [0.29, 0.717) is 0 Å². The van der Waals surface area contributed by atoms with Crippen LogP contribution in [0.25, 0.3) is 0 Å². The van der Waals surface area contributed by atoms with Gasteiger partial charge in [0, 0.05) is 13.2 Å². The Kier molecular flexibility index (Phi) is 2.92. The molecule has 2 nitrogen and oxygen atoms in total. The molecule has 3 heteroatoms. The Hall–Kier alpha value is -0.860. The molecule has 0 aliphatic carbocycles. The second-order valence-electron chi connectivity index (χ2n) is 0.900. The van der Waals surface area contributed by atoms with Gasteiger partial charge in [-0.3, -0.25) is 4.99 Å². The average Bonchev–Trinajstić information content (AvgIpc) is 1.68. The van der Waals surface area contributed by atoms with Crippen molar-refractivity contribution in [1.82, 2.24) is 5.12 Å². The summed E-state index contributed by atoms with van der Waals surface area (Å²) in [7, 11) is 1.48. The molecule has 0 rings (SSSR count). The normalized spacial score (nSPS) is 9.43. The summed E-state index contributed by atoms with van der Waals surface area (Å²) in [5.41, 5.74) is 0. The summed E-state index contributed by atoms with van der Waals surface area (Å²) in [4.78, 5) is 3.36. The first kappa shape index (κ1) is 6.14. The van der Waals surface area contributed by atoms with Crippen molar-refractivity contribution >= 4 is 6.34 Å². The van der Waals surface area contributed by atoms with Crippen molar-refractivity contribution in [3.8, 4) is 0 Å². The zero-order valence-electron chi connectivity index (χ0n) is 4.13. The smallest absolute Gasteiger partial charge is 0.120 e. The van der Waals surface area contributed by atoms with Gasteiger partial charge in [-0.2, -0.15) is 5.12 Å². The van der Waals surface area contributed by atoms with Gasteiger partial charge in [-0.05, 0) is 0 Å². The summed E-state index contributed by atoms with van der Waals surface area (Å²) in [5, 5.41) is 0.278. The van der Waals surface area contributed by atoms with E-state index >= 15 is 0 Å². The zero-order valence-corrected chi connectivity index (χ0v) is 4.13. The van der Waals surface area contributed by atoms with Crippen LogP contribution in [-0.2, 0) is 0 Å². The van der Waals surface area contributed by atoms with E-state index in [1.165, 1.54) is 7.05 Å². The molecular weight excluding hydrogens is 95.1 g/mol. The minimum absolute atomic E-state index is 0.278. The predicted molar refractivity (Wildman–Crippen MR) is 27.6 cm³/mol. The van der Waals surface area contributed by atoms with E-state index in [9.17, 15) is 4.48 Å². The van der Waals surface area contributed by atoms with Crippen LogP contribution in [0.3, 0.4) is 0 Å². The lowest BCUT2D eigenvalue weighted by atomic mass is 11.0. The highest BCUT2D eigenvalue weighted by Crippen LogP contribution is 1.79. The molecule has 0 aromatic heterocycles. The Labute approximate surface area is 41.9 Å². The molecule has 0 heterocycles. The maximum absolute atomic E-state index is 11.7. The Morgan fingerprint density at radius 3 is 2.57 bits per heavy atom. The number of aliphatic imine (C=N–C) groups is 1. The van der Waals surface area contributed by atoms with Crippen molar-refractivity contribution in [2.24, 2.45) is 4.99 Å². The van der Waals surface area contributed by atoms with Crippen molar-refractivity contribution in [3.63, 3.8) is 0 Å². The van der Waals surface area contributed by atoms with Gasteiger partial charge in [0.05, 0.1) is 0 Å². The van der Waals surface area contributed by atoms with Gasteiger partial charge in [0.25, 0.3) is 0 Å². The van der Waals surface area contributed by atoms with Gasteiger partial charge in [-0.25, -0.2) is 0 Å². The lowest BCUT2D eigenvalue weighted by Gasteiger charge is -1.93. The molecule has 0 unspecified atom stereocenters. The average molecular weight is 102 g/mol. The van der Waals surface area contributed by atoms with E-state index in [1.807, 2.05) is 0 Å². The summed E-state index contributed by atoms with van der Waals surface area (Å²) in [6.45, 7) is 3.14. The topological polar surface area (TPSA) is 15.6 Å². The quantitative estimate of drug-likeness (QED) is 0.288. The van der Waals surface area contributed by atoms with E-state index in [-0.39, 0.29) is 5.12 Å². The molecule has 0 amide bonds. The van der Waals surface area contributed by atoms with Crippen molar-refractivity contribution in [1.29, 1.82) is 0 Å². The van der Waals surface area contributed by atoms with Crippen molar-refractivity contribution in [2.45, 2.75) is 0 Å². The Bertz CT molecular complexity index is 79.8. The van der Waals surface area contributed by atoms with Gasteiger partial charge in [-0.15, -0.1) is 0 Å². The van der Waals surface area contributed by atoms with E-state index in [2.05, 4.69) is 11.6 Å². The summed E-state index contributed by atoms with van der Waals surface area (Å²) in [6, 6.07) is 0. The minimum atomic E-state index is 0.278. The van der Waals surface area contributed by atoms with Crippen LogP contribution in [0.5, 0.6) is 0 Å². The molecule has 0 atom stereocenters. The maximum atomic E-state index is 11.7. The molecule has 0 aromatic rings. The number of nitrogens with zero attached hydrogens (tertiary/aromatic N) is 2. The molecule has 7 heavy (non-hydrogen) atoms. The first-order chi connectivity index (χ1) is 3.31. The molecule has 0 aliphatic rings. The van der Waals surface area contributed by atoms with Crippen LogP contribution in [0.2, 0.25) is 0 Å². The van der Waals surface area contributed by atoms with Crippen LogP contribution in [-0.4, -0.2) is 18.5 Å². The molecule has 0 fully saturated rings. The predicted octanol–water partition coefficient (Wildman–Crippen LogP) is 0.975. The van der Waals surface area contributed by atoms with E-state index in [1.54, 1.807) is 0 Å². The van der Waals surface area contributed by atoms with Crippen LogP contribution in [0, 0.1) is 0 Å². The van der Waals surface area contributed by atoms with E-state index in [4.69, 9.17) is 0 Å². The lowest BCUT2D eigenvalue weighted by Crippen LogP contribution is -1.98. The van der Waals surface area contributed by atoms with Crippen LogP contribution in [0.15, 0.2) is 17.8 Å². The van der Waals surface area contributed by atoms with Crippen LogP contribution in [0.1, 0.15) is 0 Å². The van der Waals surface area contributed by atoms with Crippen molar-refractivity contribution in [3.05, 3.63) is 12.8 Å². The fraction of sp³-hybridized carbons (Fsp3) is 0.250. The second-order valence-corrected chi connectivity index (χ2v) is 0.900. The second kappa shape index (κ2) is 3.33. The largest absolute Gasteiger partial charge is 0.276 e. The maximum Gasteiger partial charge on any atom is 0.120 e. The Morgan fingerprint density at radius 2 is 2.43 bits per heavy atom. The van der Waals surface area contributed by atoms with Crippen LogP contribution in [0.4, 0.5) is 4.48 Å². The summed E-state index contributed by atoms with van der Waals surface area (Å²) in [5.74, 6) is 0. The number of hydrogen-bond acceptors (Lipinski definition) is 1. The first-order valence-corrected chi connectivity index (χ1v) is 1.80. The van der Waals surface area contributed by atoms with Gasteiger partial charge in [0.15, 0.2) is 0 Å². The van der Waals surface area contributed by atoms with Crippen LogP contribution >= 0.6 is 0 Å². The number of halogens is 1. The summed E-state index contributed by atoms with van der Waals surface area (Å²) in [6.07, 6.45) is 2.04. The third kappa shape index (κ3) is 2.96. The van der Waals surface area contributed by atoms with E-state index < -0.39 is 0 Å². The lowest BCUT2D eigenvalue weighted by molar-refractivity contribution is 0.201. The molecule has 0 radical (unpaired) electrons. The highest BCUT2D eigenvalue weighted by Gasteiger charge is 1.79. The summed E-state index contributed by atoms with van der Waals surface area (Å²) < 4.78 is 11.7. The van der Waals surface area contributed by atoms with Gasteiger partial charge in [0.2, 0.25) is 0 Å². The van der Waals surface area contributed by atoms with Gasteiger partial charge in [-0.1, -0.05) is 11.1 Å². The molecule has 0 aliphatic heterocycles. The minimum Gasteiger partial charge on any atom is -0.276 e. The molecule has 0 bridgehead atoms. The third-order valence-electron chi connectivity index (χ3n) is 0.400. The van der Waals surface area contributed by atoms with Gasteiger partial charge in [0.1, 0.15) is 6.34 Å². The SMILES string of the molecule is C=CN(F)C=NC. The molecule has 0 saturated carbocycles. The van der Waals surface area contributed by atoms with Gasteiger partial charge < -0.3 is 0 Å². The molecule has 0 spiro atoms. The fourth-order valence-corrected chi connectivity index (χ4v) is 0.157. The van der Waals surface area contributed by atoms with Gasteiger partial charge >= 0.3 is 0 Å². The molecule has 0 N–H and O–H groups in total. The molecule has 40 valence electrons. The van der Waals surface area contributed by atoms with E-state index in [0.717, 1.165) is 12.5 Å². The number of rotatable bonds is 2. The third-order valence-corrected chi connectivity index (χ3v) is 0.400. The fourth-order valence-electron chi connectivity index (χ4n) is 0.157. The number of hydrogen-bond donors (Lipinski definition) is 0. The standard InChI is InChI=1S/C4H7FN2/c1-3-7(5)4-6-2/h3-4H,1H2,2H3. The monoisotopic (exact) mass is 102 g/mol. The zero-order chi connectivity index (χ0) is 5.70. The highest BCUT2D eigenvalue weighted by atomic mass is 19.2. The Morgan fingerprint density at radius 1 is 1.86 bits per heavy atom. The highest BCUT2D eigenvalue weighted by molar-refractivity contribution is 5.53. The van der Waals surface area contributed by atoms with Crippen molar-refractivity contribution in [2.75, 3.05) is 7.05 Å². The molecule has 0 saturated heterocycles. The molecular formula is C4H7FN2. The van der Waals surface area contributed by atoms with Crippen molar-refractivity contribution < 1.29 is 4.48 Å². The first-order valence-electron chi connectivity index (χ1n) is 1.80. The van der Waals surface area contributed by atoms with Crippen LogP contribution < -0.4 is 0 Å². The summed E-state index contributed by atoms with van der Waals surface area (Å²) >= 11 is 0. The Balaban J connectivity index is 3.35.